The Morgan fingerprint density at radius 3 is 2.57 bits per heavy atom. The van der Waals surface area contributed by atoms with Crippen molar-refractivity contribution >= 4 is 39.5 Å². The minimum absolute atomic E-state index is 0.845. The minimum Gasteiger partial charge on any atom is -0.343 e. The molecular weight excluding hydrogens is 278 g/mol. The Balaban J connectivity index is 2.19. The Kier molecular flexibility index (Phi) is 3.15. The quantitative estimate of drug-likeness (QED) is 0.820. The third-order valence-electron chi connectivity index (χ3n) is 1.87. The van der Waals surface area contributed by atoms with E-state index < -0.39 is 0 Å². The molecule has 0 saturated carbocycles. The van der Waals surface area contributed by atoms with Gasteiger partial charge in [0.2, 0.25) is 0 Å². The van der Waals surface area contributed by atoms with Crippen LogP contribution in [0.2, 0.25) is 0 Å². The van der Waals surface area contributed by atoms with Crippen LogP contribution in [0.3, 0.4) is 0 Å². The lowest BCUT2D eigenvalue weighted by Crippen LogP contribution is -1.83. The molecule has 0 aliphatic heterocycles. The molecule has 0 saturated heterocycles. The molecule has 1 nitrogen and oxygen atoms in total. The largest absolute Gasteiger partial charge is 0.343 e. The maximum atomic E-state index is 5.03. The highest BCUT2D eigenvalue weighted by Gasteiger charge is 1.98. The maximum Gasteiger partial charge on any atom is 0.158 e. The average Bonchev–Trinajstić information content (AvgIpc) is 2.56. The van der Waals surface area contributed by atoms with Gasteiger partial charge in [-0.1, -0.05) is 28.1 Å². The van der Waals surface area contributed by atoms with Crippen LogP contribution in [-0.2, 0) is 6.42 Å². The number of rotatable bonds is 2. The summed E-state index contributed by atoms with van der Waals surface area (Å²) in [4.78, 5) is 4.30. The number of hydrogen-bond acceptors (Lipinski definition) is 2. The molecule has 0 aliphatic carbocycles. The zero-order chi connectivity index (χ0) is 9.97. The first-order chi connectivity index (χ1) is 6.74. The molecule has 72 valence electrons. The van der Waals surface area contributed by atoms with Crippen molar-refractivity contribution in [2.45, 2.75) is 6.42 Å². The molecule has 1 aromatic heterocycles. The summed E-state index contributed by atoms with van der Waals surface area (Å²) in [6.45, 7) is 0. The van der Waals surface area contributed by atoms with Gasteiger partial charge in [-0.3, -0.25) is 0 Å². The van der Waals surface area contributed by atoms with Gasteiger partial charge < -0.3 is 4.98 Å². The van der Waals surface area contributed by atoms with Gasteiger partial charge in [-0.05, 0) is 29.9 Å². The fraction of sp³-hybridized carbons (Fsp3) is 0.100. The molecule has 1 aromatic carbocycles. The summed E-state index contributed by atoms with van der Waals surface area (Å²) in [6, 6.07) is 8.35. The van der Waals surface area contributed by atoms with Crippen molar-refractivity contribution in [3.63, 3.8) is 0 Å². The number of nitrogens with one attached hydrogen (secondary N) is 1. The van der Waals surface area contributed by atoms with Gasteiger partial charge in [-0.15, -0.1) is 11.3 Å². The number of hydrogen-bond donors (Lipinski definition) is 1. The maximum absolute atomic E-state index is 5.03. The lowest BCUT2D eigenvalue weighted by Gasteiger charge is -1.97. The molecule has 0 amide bonds. The molecule has 0 atom stereocenters. The van der Waals surface area contributed by atoms with Crippen molar-refractivity contribution < 1.29 is 0 Å². The van der Waals surface area contributed by atoms with Crippen LogP contribution in [0.15, 0.2) is 34.9 Å². The molecule has 1 N–H and O–H groups in total. The molecule has 0 aliphatic rings. The first kappa shape index (κ1) is 10.1. The van der Waals surface area contributed by atoms with Crippen LogP contribution in [0.5, 0.6) is 0 Å². The van der Waals surface area contributed by atoms with Gasteiger partial charge in [-0.2, -0.15) is 0 Å². The normalized spacial score (nSPS) is 10.4. The predicted molar refractivity (Wildman–Crippen MR) is 66.5 cm³/mol. The average molecular weight is 286 g/mol. The first-order valence-corrected chi connectivity index (χ1v) is 6.17. The highest BCUT2D eigenvalue weighted by Crippen LogP contribution is 2.16. The zero-order valence-electron chi connectivity index (χ0n) is 7.29. The summed E-state index contributed by atoms with van der Waals surface area (Å²) >= 11 is 10.1. The number of halogens is 1. The third-order valence-corrected chi connectivity index (χ3v) is 3.59. The standard InChI is InChI=1S/C10H8BrNS2/c11-8-3-1-7(2-4-8)5-9-6-12-10(13)14-9/h1-4,6H,5H2,(H,12,13). The molecular formula is C10H8BrNS2. The van der Waals surface area contributed by atoms with Crippen molar-refractivity contribution in [2.75, 3.05) is 0 Å². The Hall–Kier alpha value is -0.450. The van der Waals surface area contributed by atoms with Crippen LogP contribution in [-0.4, -0.2) is 4.98 Å². The van der Waals surface area contributed by atoms with E-state index in [0.29, 0.717) is 0 Å². The van der Waals surface area contributed by atoms with Gasteiger partial charge in [0.15, 0.2) is 3.95 Å². The van der Waals surface area contributed by atoms with E-state index in [0.717, 1.165) is 14.8 Å². The summed E-state index contributed by atoms with van der Waals surface area (Å²) in [5, 5.41) is 0. The highest BCUT2D eigenvalue weighted by atomic mass is 79.9. The van der Waals surface area contributed by atoms with E-state index in [2.05, 4.69) is 45.2 Å². The first-order valence-electron chi connectivity index (χ1n) is 4.16. The predicted octanol–water partition coefficient (Wildman–Crippen LogP) is 4.16. The van der Waals surface area contributed by atoms with E-state index in [9.17, 15) is 0 Å². The number of H-pyrrole nitrogens is 1. The van der Waals surface area contributed by atoms with Crippen molar-refractivity contribution in [3.05, 3.63) is 49.3 Å². The molecule has 0 spiro atoms. The van der Waals surface area contributed by atoms with E-state index >= 15 is 0 Å². The van der Waals surface area contributed by atoms with Gasteiger partial charge >= 0.3 is 0 Å². The summed E-state index contributed by atoms with van der Waals surface area (Å²) < 4.78 is 1.96. The van der Waals surface area contributed by atoms with Gasteiger partial charge in [0.1, 0.15) is 0 Å². The highest BCUT2D eigenvalue weighted by molar-refractivity contribution is 9.10. The van der Waals surface area contributed by atoms with Crippen LogP contribution < -0.4 is 0 Å². The van der Waals surface area contributed by atoms with E-state index in [-0.39, 0.29) is 0 Å². The smallest absolute Gasteiger partial charge is 0.158 e. The Morgan fingerprint density at radius 2 is 2.00 bits per heavy atom. The molecule has 0 fully saturated rings. The third kappa shape index (κ3) is 2.53. The number of aromatic amines is 1. The van der Waals surface area contributed by atoms with Crippen molar-refractivity contribution in [3.8, 4) is 0 Å². The lowest BCUT2D eigenvalue weighted by atomic mass is 10.1. The van der Waals surface area contributed by atoms with Crippen LogP contribution in [0.25, 0.3) is 0 Å². The van der Waals surface area contributed by atoms with E-state index in [1.165, 1.54) is 10.4 Å². The fourth-order valence-electron chi connectivity index (χ4n) is 1.21. The second kappa shape index (κ2) is 4.38. The van der Waals surface area contributed by atoms with Crippen LogP contribution in [0.1, 0.15) is 10.4 Å². The van der Waals surface area contributed by atoms with Gasteiger partial charge in [0.05, 0.1) is 0 Å². The summed E-state index contributed by atoms with van der Waals surface area (Å²) in [5.41, 5.74) is 1.30. The fourth-order valence-corrected chi connectivity index (χ4v) is 2.57. The van der Waals surface area contributed by atoms with Crippen molar-refractivity contribution in [1.82, 2.24) is 4.98 Å². The summed E-state index contributed by atoms with van der Waals surface area (Å²) in [6.07, 6.45) is 2.93. The van der Waals surface area contributed by atoms with Gasteiger partial charge in [-0.25, -0.2) is 0 Å². The van der Waals surface area contributed by atoms with E-state index in [4.69, 9.17) is 12.2 Å². The second-order valence-electron chi connectivity index (χ2n) is 2.95. The Bertz CT molecular complexity index is 469. The lowest BCUT2D eigenvalue weighted by molar-refractivity contribution is 1.21. The molecule has 14 heavy (non-hydrogen) atoms. The number of aromatic nitrogens is 1. The molecule has 0 unspecified atom stereocenters. The number of benzene rings is 1. The SMILES string of the molecule is S=c1[nH]cc(Cc2ccc(Br)cc2)s1. The van der Waals surface area contributed by atoms with Crippen LogP contribution >= 0.6 is 39.5 Å². The molecule has 2 rings (SSSR count). The van der Waals surface area contributed by atoms with E-state index in [1.54, 1.807) is 11.3 Å². The summed E-state index contributed by atoms with van der Waals surface area (Å²) in [5.74, 6) is 0. The second-order valence-corrected chi connectivity index (χ2v) is 5.67. The van der Waals surface area contributed by atoms with Crippen LogP contribution in [0.4, 0.5) is 0 Å². The van der Waals surface area contributed by atoms with E-state index in [1.807, 2.05) is 6.20 Å². The van der Waals surface area contributed by atoms with Gasteiger partial charge in [0.25, 0.3) is 0 Å². The van der Waals surface area contributed by atoms with Gasteiger partial charge in [0, 0.05) is 22.0 Å². The molecule has 2 aromatic rings. The topological polar surface area (TPSA) is 15.8 Å². The van der Waals surface area contributed by atoms with Crippen molar-refractivity contribution in [2.24, 2.45) is 0 Å². The minimum atomic E-state index is 0.845. The van der Waals surface area contributed by atoms with Crippen molar-refractivity contribution in [1.29, 1.82) is 0 Å². The Labute approximate surface area is 99.9 Å². The molecule has 4 heteroatoms. The Morgan fingerprint density at radius 1 is 1.29 bits per heavy atom. The van der Waals surface area contributed by atoms with Crippen LogP contribution in [0, 0.1) is 3.95 Å². The summed E-state index contributed by atoms with van der Waals surface area (Å²) in [7, 11) is 0. The number of thiazole rings is 1. The molecule has 1 heterocycles. The zero-order valence-corrected chi connectivity index (χ0v) is 10.5. The monoisotopic (exact) mass is 285 g/mol. The molecule has 0 radical (unpaired) electrons. The molecule has 0 bridgehead atoms.